The van der Waals surface area contributed by atoms with E-state index in [1.54, 1.807) is 0 Å². The highest BCUT2D eigenvalue weighted by molar-refractivity contribution is 9.10. The highest BCUT2D eigenvalue weighted by Crippen LogP contribution is 2.39. The SMILES string of the molecule is CCOc1cc(CO)c(C)c(OCC)c1Br. The average molecular weight is 289 g/mol. The maximum atomic E-state index is 9.27. The zero-order valence-electron chi connectivity index (χ0n) is 9.84. The number of aliphatic hydroxyl groups excluding tert-OH is 1. The molecule has 1 N–H and O–H groups in total. The summed E-state index contributed by atoms with van der Waals surface area (Å²) < 4.78 is 11.9. The van der Waals surface area contributed by atoms with Gasteiger partial charge in [-0.2, -0.15) is 0 Å². The number of halogens is 1. The van der Waals surface area contributed by atoms with Crippen LogP contribution in [-0.2, 0) is 6.61 Å². The van der Waals surface area contributed by atoms with Crippen LogP contribution in [0.15, 0.2) is 10.5 Å². The van der Waals surface area contributed by atoms with Gasteiger partial charge in [0.15, 0.2) is 0 Å². The van der Waals surface area contributed by atoms with E-state index in [9.17, 15) is 5.11 Å². The van der Waals surface area contributed by atoms with Crippen molar-refractivity contribution in [2.24, 2.45) is 0 Å². The average Bonchev–Trinajstić information content (AvgIpc) is 2.28. The Labute approximate surface area is 105 Å². The Bertz CT molecular complexity index is 364. The topological polar surface area (TPSA) is 38.7 Å². The molecule has 0 unspecified atom stereocenters. The number of hydrogen-bond donors (Lipinski definition) is 1. The van der Waals surface area contributed by atoms with Crippen molar-refractivity contribution in [2.75, 3.05) is 13.2 Å². The van der Waals surface area contributed by atoms with Gasteiger partial charge in [0, 0.05) is 0 Å². The van der Waals surface area contributed by atoms with Crippen LogP contribution in [0, 0.1) is 6.92 Å². The van der Waals surface area contributed by atoms with Crippen molar-refractivity contribution in [3.8, 4) is 11.5 Å². The largest absolute Gasteiger partial charge is 0.493 e. The summed E-state index contributed by atoms with van der Waals surface area (Å²) in [5.41, 5.74) is 1.77. The van der Waals surface area contributed by atoms with E-state index in [4.69, 9.17) is 9.47 Å². The van der Waals surface area contributed by atoms with Crippen LogP contribution in [0.2, 0.25) is 0 Å². The lowest BCUT2D eigenvalue weighted by molar-refractivity contribution is 0.275. The van der Waals surface area contributed by atoms with Crippen LogP contribution in [0.5, 0.6) is 11.5 Å². The first-order chi connectivity index (χ1) is 7.65. The van der Waals surface area contributed by atoms with Gasteiger partial charge in [-0.05, 0) is 53.9 Å². The van der Waals surface area contributed by atoms with Gasteiger partial charge in [0.05, 0.1) is 19.8 Å². The second-order valence-corrected chi connectivity index (χ2v) is 4.12. The fourth-order valence-electron chi connectivity index (χ4n) is 1.49. The van der Waals surface area contributed by atoms with Crippen molar-refractivity contribution in [3.63, 3.8) is 0 Å². The minimum Gasteiger partial charge on any atom is -0.493 e. The summed E-state index contributed by atoms with van der Waals surface area (Å²) in [7, 11) is 0. The van der Waals surface area contributed by atoms with E-state index in [1.165, 1.54) is 0 Å². The normalized spacial score (nSPS) is 10.3. The minimum atomic E-state index is -0.0146. The van der Waals surface area contributed by atoms with E-state index in [0.717, 1.165) is 21.3 Å². The molecule has 1 aromatic rings. The smallest absolute Gasteiger partial charge is 0.140 e. The predicted octanol–water partition coefficient (Wildman–Crippen LogP) is 3.05. The van der Waals surface area contributed by atoms with Crippen LogP contribution in [-0.4, -0.2) is 18.3 Å². The quantitative estimate of drug-likeness (QED) is 0.905. The molecule has 0 aliphatic heterocycles. The maximum Gasteiger partial charge on any atom is 0.140 e. The molecule has 1 rings (SSSR count). The molecule has 0 saturated carbocycles. The maximum absolute atomic E-state index is 9.27. The van der Waals surface area contributed by atoms with Gasteiger partial charge in [0.25, 0.3) is 0 Å². The van der Waals surface area contributed by atoms with E-state index in [2.05, 4.69) is 15.9 Å². The molecule has 3 nitrogen and oxygen atoms in total. The molecule has 0 aliphatic carbocycles. The molecule has 0 heterocycles. The third kappa shape index (κ3) is 2.68. The van der Waals surface area contributed by atoms with Crippen molar-refractivity contribution in [1.29, 1.82) is 0 Å². The van der Waals surface area contributed by atoms with Gasteiger partial charge >= 0.3 is 0 Å². The first-order valence-electron chi connectivity index (χ1n) is 5.34. The van der Waals surface area contributed by atoms with Crippen molar-refractivity contribution in [2.45, 2.75) is 27.4 Å². The first-order valence-corrected chi connectivity index (χ1v) is 6.13. The van der Waals surface area contributed by atoms with Crippen LogP contribution in [0.4, 0.5) is 0 Å². The Morgan fingerprint density at radius 2 is 1.88 bits per heavy atom. The fourth-order valence-corrected chi connectivity index (χ4v) is 2.13. The zero-order chi connectivity index (χ0) is 12.1. The molecule has 0 amide bonds. The van der Waals surface area contributed by atoms with Gasteiger partial charge < -0.3 is 14.6 Å². The predicted molar refractivity (Wildman–Crippen MR) is 67.1 cm³/mol. The number of rotatable bonds is 5. The molecule has 0 atom stereocenters. The number of ether oxygens (including phenoxy) is 2. The molecule has 16 heavy (non-hydrogen) atoms. The molecule has 90 valence electrons. The Balaban J connectivity index is 3.26. The second kappa shape index (κ2) is 6.11. The molecule has 0 aliphatic rings. The Hall–Kier alpha value is -0.740. The summed E-state index contributed by atoms with van der Waals surface area (Å²) in [5, 5.41) is 9.27. The molecular formula is C12H17BrO3. The van der Waals surface area contributed by atoms with E-state index in [0.29, 0.717) is 19.0 Å². The van der Waals surface area contributed by atoms with Crippen molar-refractivity contribution in [1.82, 2.24) is 0 Å². The van der Waals surface area contributed by atoms with E-state index in [1.807, 2.05) is 26.8 Å². The van der Waals surface area contributed by atoms with Gasteiger partial charge in [-0.15, -0.1) is 0 Å². The van der Waals surface area contributed by atoms with Gasteiger partial charge in [0.1, 0.15) is 16.0 Å². The second-order valence-electron chi connectivity index (χ2n) is 3.33. The monoisotopic (exact) mass is 288 g/mol. The van der Waals surface area contributed by atoms with Crippen molar-refractivity contribution >= 4 is 15.9 Å². The first kappa shape index (κ1) is 13.3. The van der Waals surface area contributed by atoms with Crippen molar-refractivity contribution < 1.29 is 14.6 Å². The Morgan fingerprint density at radius 1 is 1.25 bits per heavy atom. The summed E-state index contributed by atoms with van der Waals surface area (Å²) >= 11 is 3.47. The van der Waals surface area contributed by atoms with Gasteiger partial charge in [0.2, 0.25) is 0 Å². The molecule has 4 heteroatoms. The Kier molecular flexibility index (Phi) is 5.09. The lowest BCUT2D eigenvalue weighted by Crippen LogP contribution is -2.02. The summed E-state index contributed by atoms with van der Waals surface area (Å²) in [6, 6.07) is 1.84. The number of benzene rings is 1. The summed E-state index contributed by atoms with van der Waals surface area (Å²) in [5.74, 6) is 1.46. The molecule has 0 saturated heterocycles. The van der Waals surface area contributed by atoms with Crippen molar-refractivity contribution in [3.05, 3.63) is 21.7 Å². The molecule has 0 radical (unpaired) electrons. The Morgan fingerprint density at radius 3 is 2.38 bits per heavy atom. The summed E-state index contributed by atoms with van der Waals surface area (Å²) in [6.07, 6.45) is 0. The lowest BCUT2D eigenvalue weighted by Gasteiger charge is -2.16. The van der Waals surface area contributed by atoms with Gasteiger partial charge in [-0.25, -0.2) is 0 Å². The standard InChI is InChI=1S/C12H17BrO3/c1-4-15-10-6-9(7-14)8(3)12(11(10)13)16-5-2/h6,14H,4-5,7H2,1-3H3. The molecular weight excluding hydrogens is 272 g/mol. The van der Waals surface area contributed by atoms with Crippen LogP contribution < -0.4 is 9.47 Å². The fraction of sp³-hybridized carbons (Fsp3) is 0.500. The van der Waals surface area contributed by atoms with Crippen LogP contribution in [0.3, 0.4) is 0 Å². The van der Waals surface area contributed by atoms with E-state index < -0.39 is 0 Å². The van der Waals surface area contributed by atoms with Gasteiger partial charge in [-0.1, -0.05) is 0 Å². The molecule has 0 aromatic heterocycles. The third-order valence-electron chi connectivity index (χ3n) is 2.30. The highest BCUT2D eigenvalue weighted by Gasteiger charge is 2.15. The highest BCUT2D eigenvalue weighted by atomic mass is 79.9. The summed E-state index contributed by atoms with van der Waals surface area (Å²) in [4.78, 5) is 0. The van der Waals surface area contributed by atoms with E-state index in [-0.39, 0.29) is 6.61 Å². The summed E-state index contributed by atoms with van der Waals surface area (Å²) in [6.45, 7) is 6.93. The van der Waals surface area contributed by atoms with Crippen LogP contribution in [0.25, 0.3) is 0 Å². The number of aliphatic hydroxyl groups is 1. The minimum absolute atomic E-state index is 0.0146. The molecule has 1 aromatic carbocycles. The van der Waals surface area contributed by atoms with Crippen LogP contribution in [0.1, 0.15) is 25.0 Å². The molecule has 0 fully saturated rings. The molecule has 0 spiro atoms. The molecule has 0 bridgehead atoms. The lowest BCUT2D eigenvalue weighted by atomic mass is 10.1. The van der Waals surface area contributed by atoms with E-state index >= 15 is 0 Å². The third-order valence-corrected chi connectivity index (χ3v) is 3.05. The van der Waals surface area contributed by atoms with Crippen LogP contribution >= 0.6 is 15.9 Å². The number of hydrogen-bond acceptors (Lipinski definition) is 3. The van der Waals surface area contributed by atoms with Gasteiger partial charge in [-0.3, -0.25) is 0 Å². The zero-order valence-corrected chi connectivity index (χ0v) is 11.4.